The first-order valence-electron chi connectivity index (χ1n) is 7.77. The number of carbonyl (C=O) groups is 1. The minimum atomic E-state index is -0.585. The van der Waals surface area contributed by atoms with E-state index in [-0.39, 0.29) is 6.61 Å². The van der Waals surface area contributed by atoms with Crippen LogP contribution in [0.2, 0.25) is 5.02 Å². The summed E-state index contributed by atoms with van der Waals surface area (Å²) in [6.45, 7) is 2.82. The van der Waals surface area contributed by atoms with E-state index < -0.39 is 5.91 Å². The lowest BCUT2D eigenvalue weighted by molar-refractivity contribution is -0.119. The van der Waals surface area contributed by atoms with Gasteiger partial charge in [-0.2, -0.15) is 0 Å². The molecule has 0 bridgehead atoms. The number of hydrogen-bond donors (Lipinski definition) is 2. The molecule has 2 rings (SSSR count). The Morgan fingerprint density at radius 2 is 2.04 bits per heavy atom. The van der Waals surface area contributed by atoms with Gasteiger partial charge in [-0.05, 0) is 36.8 Å². The molecule has 25 heavy (non-hydrogen) atoms. The molecule has 0 aliphatic rings. The summed E-state index contributed by atoms with van der Waals surface area (Å²) in [5, 5.41) is 3.65. The minimum Gasteiger partial charge on any atom is -0.494 e. The van der Waals surface area contributed by atoms with Gasteiger partial charge in [0.25, 0.3) is 5.91 Å². The number of benzene rings is 2. The Morgan fingerprint density at radius 1 is 1.24 bits per heavy atom. The summed E-state index contributed by atoms with van der Waals surface area (Å²) in [6, 6.07) is 11.2. The Labute approximate surface area is 151 Å². The first-order valence-corrected chi connectivity index (χ1v) is 8.15. The number of carbonyl (C=O) groups excluding carboxylic acids is 1. The Balaban J connectivity index is 2.10. The molecule has 2 aromatic rings. The van der Waals surface area contributed by atoms with Gasteiger partial charge in [0.2, 0.25) is 0 Å². The average Bonchev–Trinajstić information content (AvgIpc) is 2.59. The SMILES string of the molecule is CCOc1cccc(NCc2cc(Cl)c(OCC(N)=O)c(OC)c2)c1. The molecule has 0 saturated carbocycles. The van der Waals surface area contributed by atoms with Gasteiger partial charge in [-0.3, -0.25) is 4.79 Å². The number of methoxy groups -OCH3 is 1. The third-order valence-electron chi connectivity index (χ3n) is 3.29. The minimum absolute atomic E-state index is 0.266. The summed E-state index contributed by atoms with van der Waals surface area (Å²) < 4.78 is 16.1. The van der Waals surface area contributed by atoms with E-state index in [0.717, 1.165) is 17.0 Å². The number of nitrogens with one attached hydrogen (secondary N) is 1. The highest BCUT2D eigenvalue weighted by Gasteiger charge is 2.13. The van der Waals surface area contributed by atoms with Crippen LogP contribution in [-0.4, -0.2) is 26.2 Å². The molecule has 0 unspecified atom stereocenters. The number of rotatable bonds is 9. The van der Waals surface area contributed by atoms with E-state index in [1.54, 1.807) is 12.1 Å². The van der Waals surface area contributed by atoms with Crippen LogP contribution >= 0.6 is 11.6 Å². The molecule has 0 saturated heterocycles. The molecule has 1 amide bonds. The number of hydrogen-bond acceptors (Lipinski definition) is 5. The molecule has 0 spiro atoms. The lowest BCUT2D eigenvalue weighted by Gasteiger charge is -2.14. The van der Waals surface area contributed by atoms with Gasteiger partial charge in [0.15, 0.2) is 18.1 Å². The zero-order valence-electron chi connectivity index (χ0n) is 14.2. The lowest BCUT2D eigenvalue weighted by Crippen LogP contribution is -2.20. The highest BCUT2D eigenvalue weighted by Crippen LogP contribution is 2.36. The van der Waals surface area contributed by atoms with Crippen molar-refractivity contribution in [1.82, 2.24) is 0 Å². The van der Waals surface area contributed by atoms with Gasteiger partial charge in [-0.25, -0.2) is 0 Å². The van der Waals surface area contributed by atoms with Gasteiger partial charge < -0.3 is 25.3 Å². The quantitative estimate of drug-likeness (QED) is 0.713. The van der Waals surface area contributed by atoms with E-state index >= 15 is 0 Å². The molecular formula is C18H21ClN2O4. The Hall–Kier alpha value is -2.60. The molecule has 0 aromatic heterocycles. The van der Waals surface area contributed by atoms with Crippen LogP contribution in [0.25, 0.3) is 0 Å². The van der Waals surface area contributed by atoms with Crippen LogP contribution in [0.1, 0.15) is 12.5 Å². The zero-order valence-corrected chi connectivity index (χ0v) is 14.9. The van der Waals surface area contributed by atoms with Gasteiger partial charge in [-0.15, -0.1) is 0 Å². The van der Waals surface area contributed by atoms with Crippen molar-refractivity contribution in [2.75, 3.05) is 25.6 Å². The smallest absolute Gasteiger partial charge is 0.255 e. The largest absolute Gasteiger partial charge is 0.494 e. The number of amides is 1. The molecule has 3 N–H and O–H groups in total. The summed E-state index contributed by atoms with van der Waals surface area (Å²) in [5.74, 6) is 0.954. The summed E-state index contributed by atoms with van der Waals surface area (Å²) in [7, 11) is 1.51. The molecule has 0 radical (unpaired) electrons. The Bertz CT molecular complexity index is 737. The first-order chi connectivity index (χ1) is 12.0. The molecule has 0 heterocycles. The fraction of sp³-hybridized carbons (Fsp3) is 0.278. The number of halogens is 1. The topological polar surface area (TPSA) is 82.8 Å². The second-order valence-corrected chi connectivity index (χ2v) is 5.59. The van der Waals surface area contributed by atoms with E-state index in [0.29, 0.717) is 29.7 Å². The van der Waals surface area contributed by atoms with Gasteiger partial charge >= 0.3 is 0 Å². The van der Waals surface area contributed by atoms with Gasteiger partial charge in [-0.1, -0.05) is 17.7 Å². The molecule has 7 heteroatoms. The molecule has 6 nitrogen and oxygen atoms in total. The average molecular weight is 365 g/mol. The van der Waals surface area contributed by atoms with Crippen LogP contribution in [0.15, 0.2) is 36.4 Å². The van der Waals surface area contributed by atoms with Crippen molar-refractivity contribution in [3.8, 4) is 17.2 Å². The number of ether oxygens (including phenoxy) is 3. The van der Waals surface area contributed by atoms with Crippen molar-refractivity contribution < 1.29 is 19.0 Å². The zero-order chi connectivity index (χ0) is 18.2. The van der Waals surface area contributed by atoms with E-state index in [9.17, 15) is 4.79 Å². The Morgan fingerprint density at radius 3 is 2.72 bits per heavy atom. The molecule has 134 valence electrons. The standard InChI is InChI=1S/C18H21ClN2O4/c1-3-24-14-6-4-5-13(9-14)21-10-12-7-15(19)18(16(8-12)23-2)25-11-17(20)22/h4-9,21H,3,10-11H2,1-2H3,(H2,20,22). The van der Waals surface area contributed by atoms with E-state index in [2.05, 4.69) is 5.32 Å². The van der Waals surface area contributed by atoms with Gasteiger partial charge in [0.05, 0.1) is 18.7 Å². The van der Waals surface area contributed by atoms with Crippen LogP contribution in [0, 0.1) is 0 Å². The lowest BCUT2D eigenvalue weighted by atomic mass is 10.2. The molecular weight excluding hydrogens is 344 g/mol. The molecule has 0 aliphatic heterocycles. The van der Waals surface area contributed by atoms with Crippen LogP contribution < -0.4 is 25.3 Å². The van der Waals surface area contributed by atoms with Crippen LogP contribution in [0.4, 0.5) is 5.69 Å². The van der Waals surface area contributed by atoms with Crippen molar-refractivity contribution >= 4 is 23.2 Å². The first kappa shape index (κ1) is 18.7. The fourth-order valence-electron chi connectivity index (χ4n) is 2.23. The highest BCUT2D eigenvalue weighted by atomic mass is 35.5. The summed E-state index contributed by atoms with van der Waals surface area (Å²) >= 11 is 6.24. The van der Waals surface area contributed by atoms with Crippen LogP contribution in [0.5, 0.6) is 17.2 Å². The molecule has 0 fully saturated rings. The fourth-order valence-corrected chi connectivity index (χ4v) is 2.51. The third-order valence-corrected chi connectivity index (χ3v) is 3.57. The monoisotopic (exact) mass is 364 g/mol. The van der Waals surface area contributed by atoms with Gasteiger partial charge in [0.1, 0.15) is 5.75 Å². The van der Waals surface area contributed by atoms with Gasteiger partial charge in [0, 0.05) is 18.3 Å². The highest BCUT2D eigenvalue weighted by molar-refractivity contribution is 6.32. The number of primary amides is 1. The van der Waals surface area contributed by atoms with Crippen LogP contribution in [-0.2, 0) is 11.3 Å². The predicted molar refractivity (Wildman–Crippen MR) is 97.6 cm³/mol. The maximum Gasteiger partial charge on any atom is 0.255 e. The number of nitrogens with two attached hydrogens (primary N) is 1. The van der Waals surface area contributed by atoms with Crippen molar-refractivity contribution in [1.29, 1.82) is 0 Å². The maximum atomic E-state index is 10.9. The van der Waals surface area contributed by atoms with Crippen molar-refractivity contribution in [2.24, 2.45) is 5.73 Å². The Kier molecular flexibility index (Phi) is 6.77. The normalized spacial score (nSPS) is 10.2. The third kappa shape index (κ3) is 5.46. The molecule has 2 aromatic carbocycles. The summed E-state index contributed by atoms with van der Waals surface area (Å²) in [5.41, 5.74) is 6.91. The van der Waals surface area contributed by atoms with Crippen molar-refractivity contribution in [2.45, 2.75) is 13.5 Å². The summed E-state index contributed by atoms with van der Waals surface area (Å²) in [4.78, 5) is 10.9. The number of anilines is 1. The molecule has 0 atom stereocenters. The second-order valence-electron chi connectivity index (χ2n) is 5.18. The van der Waals surface area contributed by atoms with Crippen molar-refractivity contribution in [3.05, 3.63) is 47.0 Å². The van der Waals surface area contributed by atoms with Crippen molar-refractivity contribution in [3.63, 3.8) is 0 Å². The maximum absolute atomic E-state index is 10.9. The van der Waals surface area contributed by atoms with E-state index in [4.69, 9.17) is 31.5 Å². The molecule has 0 aliphatic carbocycles. The van der Waals surface area contributed by atoms with Crippen LogP contribution in [0.3, 0.4) is 0 Å². The summed E-state index contributed by atoms with van der Waals surface area (Å²) in [6.07, 6.45) is 0. The second kappa shape index (κ2) is 9.03. The van der Waals surface area contributed by atoms with E-state index in [1.807, 2.05) is 31.2 Å². The van der Waals surface area contributed by atoms with E-state index in [1.165, 1.54) is 7.11 Å². The predicted octanol–water partition coefficient (Wildman–Crippen LogP) is 3.22.